The number of nitrogens with one attached hydrogen (secondary N) is 2. The van der Waals surface area contributed by atoms with Gasteiger partial charge in [-0.3, -0.25) is 4.79 Å². The molecule has 3 nitrogen and oxygen atoms in total. The van der Waals surface area contributed by atoms with Gasteiger partial charge < -0.3 is 10.6 Å². The Morgan fingerprint density at radius 3 is 2.57 bits per heavy atom. The lowest BCUT2D eigenvalue weighted by atomic mass is 9.95. The molecule has 0 bridgehead atoms. The van der Waals surface area contributed by atoms with Gasteiger partial charge in [-0.2, -0.15) is 0 Å². The highest BCUT2D eigenvalue weighted by Gasteiger charge is 2.51. The number of rotatable bonds is 4. The lowest BCUT2D eigenvalue weighted by molar-refractivity contribution is -0.123. The number of carbonyl (C=O) groups is 1. The molecule has 3 rings (SSSR count). The van der Waals surface area contributed by atoms with Gasteiger partial charge in [0.2, 0.25) is 5.91 Å². The molecule has 1 aromatic rings. The van der Waals surface area contributed by atoms with Crippen LogP contribution in [-0.2, 0) is 10.2 Å². The van der Waals surface area contributed by atoms with E-state index in [0.29, 0.717) is 11.6 Å². The van der Waals surface area contributed by atoms with E-state index in [4.69, 9.17) is 11.6 Å². The lowest BCUT2D eigenvalue weighted by Gasteiger charge is -2.18. The van der Waals surface area contributed by atoms with E-state index in [-0.39, 0.29) is 23.7 Å². The van der Waals surface area contributed by atoms with Crippen LogP contribution >= 0.6 is 24.0 Å². The first kappa shape index (κ1) is 16.3. The summed E-state index contributed by atoms with van der Waals surface area (Å²) in [6.45, 7) is 2.59. The third kappa shape index (κ3) is 3.60. The maximum atomic E-state index is 12.5. The molecular weight excluding hydrogens is 307 g/mol. The van der Waals surface area contributed by atoms with E-state index in [1.54, 1.807) is 0 Å². The van der Waals surface area contributed by atoms with Crippen LogP contribution in [0.15, 0.2) is 35.9 Å². The molecule has 1 fully saturated rings. The van der Waals surface area contributed by atoms with Gasteiger partial charge in [-0.25, -0.2) is 0 Å². The second-order valence-corrected chi connectivity index (χ2v) is 6.02. The van der Waals surface area contributed by atoms with Crippen LogP contribution < -0.4 is 10.6 Å². The summed E-state index contributed by atoms with van der Waals surface area (Å²) in [7, 11) is 0. The fraction of sp³-hybridized carbons (Fsp3) is 0.438. The highest BCUT2D eigenvalue weighted by Crippen LogP contribution is 2.48. The Morgan fingerprint density at radius 2 is 2.00 bits per heavy atom. The van der Waals surface area contributed by atoms with E-state index >= 15 is 0 Å². The van der Waals surface area contributed by atoms with Gasteiger partial charge in [0.25, 0.3) is 0 Å². The molecule has 1 heterocycles. The first-order chi connectivity index (χ1) is 9.71. The minimum Gasteiger partial charge on any atom is -0.352 e. The van der Waals surface area contributed by atoms with Gasteiger partial charge in [0.05, 0.1) is 5.41 Å². The van der Waals surface area contributed by atoms with Crippen molar-refractivity contribution in [3.63, 3.8) is 0 Å². The van der Waals surface area contributed by atoms with E-state index in [0.717, 1.165) is 37.9 Å². The summed E-state index contributed by atoms with van der Waals surface area (Å²) >= 11 is 5.91. The minimum atomic E-state index is -0.307. The van der Waals surface area contributed by atoms with Crippen LogP contribution in [0.1, 0.15) is 24.8 Å². The minimum absolute atomic E-state index is 0. The summed E-state index contributed by atoms with van der Waals surface area (Å²) in [5.41, 5.74) is 2.10. The Balaban J connectivity index is 0.00000161. The highest BCUT2D eigenvalue weighted by molar-refractivity contribution is 6.30. The molecular formula is C16H20Cl2N2O. The Labute approximate surface area is 136 Å². The van der Waals surface area contributed by atoms with Crippen molar-refractivity contribution in [3.8, 4) is 0 Å². The van der Waals surface area contributed by atoms with Crippen LogP contribution in [-0.4, -0.2) is 25.5 Å². The first-order valence-corrected chi connectivity index (χ1v) is 7.51. The zero-order chi connectivity index (χ0) is 14.0. The molecule has 1 saturated carbocycles. The molecule has 0 aromatic heterocycles. The van der Waals surface area contributed by atoms with Crippen molar-refractivity contribution < 1.29 is 4.79 Å². The summed E-state index contributed by atoms with van der Waals surface area (Å²) in [6, 6.07) is 7.66. The third-order valence-electron chi connectivity index (χ3n) is 4.22. The summed E-state index contributed by atoms with van der Waals surface area (Å²) in [5.74, 6) is 0.152. The van der Waals surface area contributed by atoms with Gasteiger partial charge in [0.15, 0.2) is 0 Å². The fourth-order valence-electron chi connectivity index (χ4n) is 2.73. The van der Waals surface area contributed by atoms with E-state index in [9.17, 15) is 4.79 Å². The van der Waals surface area contributed by atoms with Crippen molar-refractivity contribution in [2.75, 3.05) is 19.6 Å². The number of carbonyl (C=O) groups excluding carboxylic acids is 1. The largest absolute Gasteiger partial charge is 0.352 e. The highest BCUT2D eigenvalue weighted by atomic mass is 35.5. The van der Waals surface area contributed by atoms with E-state index in [1.807, 2.05) is 24.3 Å². The molecule has 5 heteroatoms. The number of benzene rings is 1. The summed E-state index contributed by atoms with van der Waals surface area (Å²) in [5, 5.41) is 7.09. The quantitative estimate of drug-likeness (QED) is 0.835. The zero-order valence-corrected chi connectivity index (χ0v) is 13.4. The molecule has 1 aliphatic heterocycles. The molecule has 2 aliphatic rings. The fourth-order valence-corrected chi connectivity index (χ4v) is 2.86. The topological polar surface area (TPSA) is 41.1 Å². The van der Waals surface area contributed by atoms with E-state index in [2.05, 4.69) is 16.7 Å². The Bertz CT molecular complexity index is 536. The van der Waals surface area contributed by atoms with Crippen molar-refractivity contribution in [2.24, 2.45) is 0 Å². The molecule has 1 aliphatic carbocycles. The monoisotopic (exact) mass is 326 g/mol. The van der Waals surface area contributed by atoms with Gasteiger partial charge in [-0.1, -0.05) is 35.4 Å². The number of hydrogen-bond donors (Lipinski definition) is 2. The molecule has 0 saturated heterocycles. The molecule has 0 atom stereocenters. The van der Waals surface area contributed by atoms with Crippen LogP contribution in [0.3, 0.4) is 0 Å². The van der Waals surface area contributed by atoms with Gasteiger partial charge >= 0.3 is 0 Å². The standard InChI is InChI=1S/C16H19ClN2O.ClH/c17-14-3-1-13(2-4-14)16(7-8-16)15(20)19-11-12-5-9-18-10-6-12;/h1-5,18H,6-11H2,(H,19,20);1H. The molecule has 0 unspecified atom stereocenters. The second-order valence-electron chi connectivity index (χ2n) is 5.59. The number of hydrogen-bond acceptors (Lipinski definition) is 2. The predicted molar refractivity (Wildman–Crippen MR) is 88.2 cm³/mol. The van der Waals surface area contributed by atoms with Gasteiger partial charge in [-0.05, 0) is 43.5 Å². The molecule has 21 heavy (non-hydrogen) atoms. The van der Waals surface area contributed by atoms with Crippen molar-refractivity contribution in [1.82, 2.24) is 10.6 Å². The predicted octanol–water partition coefficient (Wildman–Crippen LogP) is 2.83. The van der Waals surface area contributed by atoms with Crippen molar-refractivity contribution >= 4 is 29.9 Å². The summed E-state index contributed by atoms with van der Waals surface area (Å²) < 4.78 is 0. The van der Waals surface area contributed by atoms with Gasteiger partial charge in [0, 0.05) is 18.1 Å². The SMILES string of the molecule is Cl.O=C(NCC1=CCNCC1)C1(c2ccc(Cl)cc2)CC1. The van der Waals surface area contributed by atoms with Crippen molar-refractivity contribution in [1.29, 1.82) is 0 Å². The molecule has 114 valence electrons. The Morgan fingerprint density at radius 1 is 1.29 bits per heavy atom. The van der Waals surface area contributed by atoms with Crippen molar-refractivity contribution in [2.45, 2.75) is 24.7 Å². The lowest BCUT2D eigenvalue weighted by Crippen LogP contribution is -2.37. The Kier molecular flexibility index (Phi) is 5.31. The third-order valence-corrected chi connectivity index (χ3v) is 4.47. The van der Waals surface area contributed by atoms with Crippen LogP contribution in [0, 0.1) is 0 Å². The maximum absolute atomic E-state index is 12.5. The number of halogens is 2. The summed E-state index contributed by atoms with van der Waals surface area (Å²) in [4.78, 5) is 12.5. The average Bonchev–Trinajstić information content (AvgIpc) is 3.28. The molecule has 1 aromatic carbocycles. The first-order valence-electron chi connectivity index (χ1n) is 7.14. The van der Waals surface area contributed by atoms with Gasteiger partial charge in [-0.15, -0.1) is 12.4 Å². The van der Waals surface area contributed by atoms with Crippen LogP contribution in [0.5, 0.6) is 0 Å². The summed E-state index contributed by atoms with van der Waals surface area (Å²) in [6.07, 6.45) is 5.06. The van der Waals surface area contributed by atoms with Crippen LogP contribution in [0.25, 0.3) is 0 Å². The molecule has 1 amide bonds. The zero-order valence-electron chi connectivity index (χ0n) is 11.8. The molecule has 0 spiro atoms. The second kappa shape index (κ2) is 6.82. The molecule has 0 radical (unpaired) electrons. The van der Waals surface area contributed by atoms with Gasteiger partial charge in [0.1, 0.15) is 0 Å². The van der Waals surface area contributed by atoms with Crippen LogP contribution in [0.2, 0.25) is 5.02 Å². The molecule has 2 N–H and O–H groups in total. The van der Waals surface area contributed by atoms with E-state index < -0.39 is 0 Å². The normalized spacial score (nSPS) is 19.2. The number of amides is 1. The van der Waals surface area contributed by atoms with Crippen molar-refractivity contribution in [3.05, 3.63) is 46.5 Å². The average molecular weight is 327 g/mol. The maximum Gasteiger partial charge on any atom is 0.230 e. The van der Waals surface area contributed by atoms with E-state index in [1.165, 1.54) is 5.57 Å². The van der Waals surface area contributed by atoms with Crippen LogP contribution in [0.4, 0.5) is 0 Å². The smallest absolute Gasteiger partial charge is 0.230 e. The Hall–Kier alpha value is -1.03.